The average molecular weight is 275 g/mol. The van der Waals surface area contributed by atoms with Crippen LogP contribution in [0.5, 0.6) is 0 Å². The Morgan fingerprint density at radius 3 is 2.37 bits per heavy atom. The maximum absolute atomic E-state index is 13.0. The maximum atomic E-state index is 13.0. The van der Waals surface area contributed by atoms with Crippen LogP contribution in [0.3, 0.4) is 0 Å². The molecule has 19 heavy (non-hydrogen) atoms. The van der Waals surface area contributed by atoms with Crippen molar-refractivity contribution >= 4 is 11.9 Å². The molecule has 0 radical (unpaired) electrons. The number of carbonyl (C=O) groups excluding carboxylic acids is 2. The van der Waals surface area contributed by atoms with Crippen LogP contribution in [0.15, 0.2) is 0 Å². The summed E-state index contributed by atoms with van der Waals surface area (Å²) in [7, 11) is 1.33. The molecule has 0 aromatic carbocycles. The number of ether oxygens (including phenoxy) is 1. The van der Waals surface area contributed by atoms with Gasteiger partial charge in [0.2, 0.25) is 11.8 Å². The third-order valence-electron chi connectivity index (χ3n) is 4.10. The summed E-state index contributed by atoms with van der Waals surface area (Å²) in [5.41, 5.74) is 0. The fourth-order valence-corrected chi connectivity index (χ4v) is 2.86. The third-order valence-corrected chi connectivity index (χ3v) is 4.10. The molecule has 1 unspecified atom stereocenters. The van der Waals surface area contributed by atoms with E-state index in [4.69, 9.17) is 0 Å². The van der Waals surface area contributed by atoms with Gasteiger partial charge in [-0.15, -0.1) is 0 Å². The minimum absolute atomic E-state index is 0.0816. The highest BCUT2D eigenvalue weighted by molar-refractivity contribution is 5.81. The van der Waals surface area contributed by atoms with Crippen molar-refractivity contribution in [3.8, 4) is 0 Å². The van der Waals surface area contributed by atoms with Crippen LogP contribution in [0.4, 0.5) is 8.78 Å². The molecule has 2 aliphatic rings. The normalized spacial score (nSPS) is 27.3. The molecule has 1 atom stereocenters. The van der Waals surface area contributed by atoms with Crippen LogP contribution in [-0.2, 0) is 14.3 Å². The highest BCUT2D eigenvalue weighted by Gasteiger charge is 2.40. The van der Waals surface area contributed by atoms with E-state index in [0.29, 0.717) is 19.5 Å². The van der Waals surface area contributed by atoms with Gasteiger partial charge in [-0.1, -0.05) is 0 Å². The standard InChI is InChI=1S/C13H19F2NO3/c1-19-12(18)10-4-7-16(8-10)11(17)9-2-5-13(14,15)6-3-9/h9-10H,2-8H2,1H3. The lowest BCUT2D eigenvalue weighted by Crippen LogP contribution is -2.38. The van der Waals surface area contributed by atoms with E-state index in [-0.39, 0.29) is 49.4 Å². The van der Waals surface area contributed by atoms with E-state index < -0.39 is 5.92 Å². The van der Waals surface area contributed by atoms with Crippen LogP contribution in [-0.4, -0.2) is 42.9 Å². The van der Waals surface area contributed by atoms with Crippen molar-refractivity contribution in [2.75, 3.05) is 20.2 Å². The van der Waals surface area contributed by atoms with Crippen molar-refractivity contribution in [2.45, 2.75) is 38.0 Å². The van der Waals surface area contributed by atoms with Gasteiger partial charge < -0.3 is 9.64 Å². The zero-order valence-electron chi connectivity index (χ0n) is 11.0. The van der Waals surface area contributed by atoms with Gasteiger partial charge >= 0.3 is 5.97 Å². The van der Waals surface area contributed by atoms with Crippen LogP contribution < -0.4 is 0 Å². The van der Waals surface area contributed by atoms with E-state index in [0.717, 1.165) is 0 Å². The Morgan fingerprint density at radius 1 is 1.16 bits per heavy atom. The Labute approximate surface area is 111 Å². The second-order valence-electron chi connectivity index (χ2n) is 5.42. The number of hydrogen-bond acceptors (Lipinski definition) is 3. The van der Waals surface area contributed by atoms with Crippen molar-refractivity contribution < 1.29 is 23.1 Å². The van der Waals surface area contributed by atoms with E-state index in [1.165, 1.54) is 7.11 Å². The van der Waals surface area contributed by atoms with Gasteiger partial charge in [0.25, 0.3) is 0 Å². The van der Waals surface area contributed by atoms with E-state index in [2.05, 4.69) is 4.74 Å². The van der Waals surface area contributed by atoms with E-state index >= 15 is 0 Å². The van der Waals surface area contributed by atoms with Crippen molar-refractivity contribution in [1.29, 1.82) is 0 Å². The molecule has 0 aromatic rings. The first-order valence-corrected chi connectivity index (χ1v) is 6.67. The zero-order valence-corrected chi connectivity index (χ0v) is 11.0. The Morgan fingerprint density at radius 2 is 1.79 bits per heavy atom. The lowest BCUT2D eigenvalue weighted by Gasteiger charge is -2.30. The van der Waals surface area contributed by atoms with Crippen molar-refractivity contribution in [3.05, 3.63) is 0 Å². The summed E-state index contributed by atoms with van der Waals surface area (Å²) in [6, 6.07) is 0. The molecule has 0 spiro atoms. The van der Waals surface area contributed by atoms with Gasteiger partial charge in [0.1, 0.15) is 0 Å². The molecule has 4 nitrogen and oxygen atoms in total. The van der Waals surface area contributed by atoms with Gasteiger partial charge in [0.05, 0.1) is 13.0 Å². The first-order valence-electron chi connectivity index (χ1n) is 6.67. The molecule has 1 saturated carbocycles. The summed E-state index contributed by atoms with van der Waals surface area (Å²) in [5, 5.41) is 0. The Balaban J connectivity index is 1.86. The summed E-state index contributed by atoms with van der Waals surface area (Å²) >= 11 is 0. The van der Waals surface area contributed by atoms with E-state index in [1.54, 1.807) is 4.90 Å². The minimum Gasteiger partial charge on any atom is -0.469 e. The molecular weight excluding hydrogens is 256 g/mol. The molecular formula is C13H19F2NO3. The maximum Gasteiger partial charge on any atom is 0.310 e. The molecule has 6 heteroatoms. The monoisotopic (exact) mass is 275 g/mol. The number of alkyl halides is 2. The van der Waals surface area contributed by atoms with Gasteiger partial charge in [-0.25, -0.2) is 8.78 Å². The summed E-state index contributed by atoms with van der Waals surface area (Å²) in [5.74, 6) is -3.57. The minimum atomic E-state index is -2.61. The van der Waals surface area contributed by atoms with Crippen LogP contribution in [0.25, 0.3) is 0 Å². The van der Waals surface area contributed by atoms with Crippen LogP contribution >= 0.6 is 0 Å². The molecule has 1 aliphatic heterocycles. The number of hydrogen-bond donors (Lipinski definition) is 0. The predicted molar refractivity (Wildman–Crippen MR) is 63.6 cm³/mol. The number of halogens is 2. The van der Waals surface area contributed by atoms with Gasteiger partial charge in [0.15, 0.2) is 0 Å². The Kier molecular flexibility index (Phi) is 4.06. The van der Waals surface area contributed by atoms with Crippen LogP contribution in [0.2, 0.25) is 0 Å². The Hall–Kier alpha value is -1.20. The molecule has 108 valence electrons. The van der Waals surface area contributed by atoms with Gasteiger partial charge in [-0.05, 0) is 19.3 Å². The van der Waals surface area contributed by atoms with Crippen molar-refractivity contribution in [2.24, 2.45) is 11.8 Å². The fraction of sp³-hybridized carbons (Fsp3) is 0.846. The Bertz CT molecular complexity index is 363. The molecule has 2 rings (SSSR count). The largest absolute Gasteiger partial charge is 0.469 e. The zero-order chi connectivity index (χ0) is 14.0. The average Bonchev–Trinajstić information content (AvgIpc) is 2.86. The summed E-state index contributed by atoms with van der Waals surface area (Å²) < 4.78 is 30.8. The summed E-state index contributed by atoms with van der Waals surface area (Å²) in [6.45, 7) is 0.879. The third kappa shape index (κ3) is 3.22. The highest BCUT2D eigenvalue weighted by atomic mass is 19.3. The molecule has 1 aliphatic carbocycles. The first kappa shape index (κ1) is 14.2. The summed E-state index contributed by atoms with van der Waals surface area (Å²) in [4.78, 5) is 25.2. The highest BCUT2D eigenvalue weighted by Crippen LogP contribution is 2.37. The molecule has 0 aromatic heterocycles. The number of esters is 1. The predicted octanol–water partition coefficient (Wildman–Crippen LogP) is 1.83. The lowest BCUT2D eigenvalue weighted by atomic mass is 9.86. The SMILES string of the molecule is COC(=O)C1CCN(C(=O)C2CCC(F)(F)CC2)C1. The summed E-state index contributed by atoms with van der Waals surface area (Å²) in [6.07, 6.45) is 0.660. The topological polar surface area (TPSA) is 46.6 Å². The van der Waals surface area contributed by atoms with Gasteiger partial charge in [-0.2, -0.15) is 0 Å². The molecule has 1 amide bonds. The molecule has 1 heterocycles. The van der Waals surface area contributed by atoms with Crippen LogP contribution in [0, 0.1) is 11.8 Å². The van der Waals surface area contributed by atoms with Crippen LogP contribution in [0.1, 0.15) is 32.1 Å². The number of rotatable bonds is 2. The van der Waals surface area contributed by atoms with E-state index in [1.807, 2.05) is 0 Å². The quantitative estimate of drug-likeness (QED) is 0.722. The number of methoxy groups -OCH3 is 1. The molecule has 0 N–H and O–H groups in total. The van der Waals surface area contributed by atoms with Gasteiger partial charge in [-0.3, -0.25) is 9.59 Å². The number of carbonyl (C=O) groups is 2. The molecule has 1 saturated heterocycles. The smallest absolute Gasteiger partial charge is 0.310 e. The number of nitrogens with zero attached hydrogens (tertiary/aromatic N) is 1. The molecule has 2 fully saturated rings. The van der Waals surface area contributed by atoms with Crippen molar-refractivity contribution in [3.63, 3.8) is 0 Å². The van der Waals surface area contributed by atoms with E-state index in [9.17, 15) is 18.4 Å². The second-order valence-corrected chi connectivity index (χ2v) is 5.42. The lowest BCUT2D eigenvalue weighted by molar-refractivity contribution is -0.145. The first-order chi connectivity index (χ1) is 8.93. The van der Waals surface area contributed by atoms with Gasteiger partial charge in [0, 0.05) is 31.8 Å². The number of amides is 1. The number of likely N-dealkylation sites (tertiary alicyclic amines) is 1. The second kappa shape index (κ2) is 5.43. The molecule has 0 bridgehead atoms. The fourth-order valence-electron chi connectivity index (χ4n) is 2.86. The van der Waals surface area contributed by atoms with Crippen molar-refractivity contribution in [1.82, 2.24) is 4.90 Å².